The summed E-state index contributed by atoms with van der Waals surface area (Å²) in [5.74, 6) is -0.670. The van der Waals surface area contributed by atoms with Crippen LogP contribution in [0.15, 0.2) is 67.3 Å². The van der Waals surface area contributed by atoms with Crippen molar-refractivity contribution in [3.8, 4) is 0 Å². The number of nitrogens with one attached hydrogen (secondary N) is 2. The quantitative estimate of drug-likeness (QED) is 0.309. The molecule has 7 nitrogen and oxygen atoms in total. The van der Waals surface area contributed by atoms with E-state index >= 15 is 0 Å². The Morgan fingerprint density at radius 1 is 1.08 bits per heavy atom. The average Bonchev–Trinajstić information content (AvgIpc) is 2.82. The van der Waals surface area contributed by atoms with Crippen LogP contribution in [0.2, 0.25) is 0 Å². The van der Waals surface area contributed by atoms with Crippen molar-refractivity contribution in [3.63, 3.8) is 0 Å². The van der Waals surface area contributed by atoms with Gasteiger partial charge in [-0.15, -0.1) is 6.58 Å². The number of rotatable bonds is 12. The molecule has 0 radical (unpaired) electrons. The minimum Gasteiger partial charge on any atom is -0.444 e. The summed E-state index contributed by atoms with van der Waals surface area (Å²) in [4.78, 5) is 41.8. The molecule has 0 aliphatic rings. The third kappa shape index (κ3) is 9.75. The lowest BCUT2D eigenvalue weighted by Gasteiger charge is -2.34. The number of carbonyl (C=O) groups is 3. The number of alkyl carbamates (subject to hydrolysis) is 1. The van der Waals surface area contributed by atoms with Gasteiger partial charge in [-0.25, -0.2) is 4.79 Å². The van der Waals surface area contributed by atoms with Gasteiger partial charge < -0.3 is 20.3 Å². The van der Waals surface area contributed by atoms with Crippen molar-refractivity contribution >= 4 is 17.9 Å². The predicted octanol–water partition coefficient (Wildman–Crippen LogP) is 5.10. The summed E-state index contributed by atoms with van der Waals surface area (Å²) in [6.07, 6.45) is 2.90. The van der Waals surface area contributed by atoms with E-state index in [9.17, 15) is 14.4 Å². The summed E-state index contributed by atoms with van der Waals surface area (Å²) in [5, 5.41) is 5.73. The van der Waals surface area contributed by atoms with Crippen LogP contribution < -0.4 is 10.6 Å². The highest BCUT2D eigenvalue weighted by atomic mass is 16.6. The van der Waals surface area contributed by atoms with E-state index < -0.39 is 29.7 Å². The number of nitrogens with zero attached hydrogens (tertiary/aromatic N) is 1. The second kappa shape index (κ2) is 14.2. The number of benzene rings is 2. The largest absolute Gasteiger partial charge is 0.444 e. The number of carbonyl (C=O) groups excluding carboxylic acids is 3. The van der Waals surface area contributed by atoms with Gasteiger partial charge in [-0.3, -0.25) is 9.59 Å². The molecule has 200 valence electrons. The van der Waals surface area contributed by atoms with E-state index in [1.165, 1.54) is 4.90 Å². The molecule has 2 aromatic carbocycles. The van der Waals surface area contributed by atoms with Gasteiger partial charge in [-0.2, -0.15) is 0 Å². The molecule has 0 aliphatic heterocycles. The molecule has 2 atom stereocenters. The van der Waals surface area contributed by atoms with Crippen LogP contribution in [0, 0.1) is 6.92 Å². The van der Waals surface area contributed by atoms with E-state index in [-0.39, 0.29) is 18.9 Å². The summed E-state index contributed by atoms with van der Waals surface area (Å²) in [5.41, 5.74) is 1.81. The highest BCUT2D eigenvalue weighted by Crippen LogP contribution is 2.24. The monoisotopic (exact) mass is 507 g/mol. The second-order valence-electron chi connectivity index (χ2n) is 10.1. The van der Waals surface area contributed by atoms with Gasteiger partial charge >= 0.3 is 6.09 Å². The Labute approximate surface area is 221 Å². The van der Waals surface area contributed by atoms with E-state index in [2.05, 4.69) is 17.2 Å². The molecule has 0 aliphatic carbocycles. The standard InChI is InChI=1S/C30H41N3O4/c1-7-9-18-31-27(34)26(24-17-13-14-22(3)20-24)33(19-8-2)28(35)25(21-23-15-11-10-12-16-23)32-29(36)37-30(4,5)6/h8,10-17,20,25-26H,2,7,9,18-19,21H2,1,3-6H3,(H,31,34)(H,32,36). The molecule has 2 aromatic rings. The third-order valence-electron chi connectivity index (χ3n) is 5.63. The second-order valence-corrected chi connectivity index (χ2v) is 10.1. The van der Waals surface area contributed by atoms with Crippen molar-refractivity contribution < 1.29 is 19.1 Å². The summed E-state index contributed by atoms with van der Waals surface area (Å²) in [6.45, 7) is 13.7. The first kappa shape index (κ1) is 29.6. The van der Waals surface area contributed by atoms with Crippen LogP contribution in [0.25, 0.3) is 0 Å². The Morgan fingerprint density at radius 3 is 2.38 bits per heavy atom. The SMILES string of the molecule is C=CCN(C(=O)C(Cc1ccccc1)NC(=O)OC(C)(C)C)C(C(=O)NCCCC)c1cccc(C)c1. The summed E-state index contributed by atoms with van der Waals surface area (Å²) in [7, 11) is 0. The lowest BCUT2D eigenvalue weighted by Crippen LogP contribution is -2.54. The molecule has 2 N–H and O–H groups in total. The number of hydrogen-bond donors (Lipinski definition) is 2. The van der Waals surface area contributed by atoms with Crippen molar-refractivity contribution in [1.29, 1.82) is 0 Å². The van der Waals surface area contributed by atoms with Crippen molar-refractivity contribution in [2.24, 2.45) is 0 Å². The average molecular weight is 508 g/mol. The Morgan fingerprint density at radius 2 is 1.78 bits per heavy atom. The maximum absolute atomic E-state index is 14.1. The fourth-order valence-corrected chi connectivity index (χ4v) is 3.96. The number of amides is 3. The maximum atomic E-state index is 14.1. The van der Waals surface area contributed by atoms with Gasteiger partial charge in [0.1, 0.15) is 17.7 Å². The lowest BCUT2D eigenvalue weighted by atomic mass is 9.99. The number of hydrogen-bond acceptors (Lipinski definition) is 4. The van der Waals surface area contributed by atoms with Gasteiger partial charge in [0.05, 0.1) is 0 Å². The smallest absolute Gasteiger partial charge is 0.408 e. The van der Waals surface area contributed by atoms with E-state index in [1.807, 2.05) is 68.4 Å². The van der Waals surface area contributed by atoms with E-state index in [0.717, 1.165) is 24.0 Å². The third-order valence-corrected chi connectivity index (χ3v) is 5.63. The van der Waals surface area contributed by atoms with E-state index in [0.29, 0.717) is 12.1 Å². The molecule has 0 saturated carbocycles. The molecular weight excluding hydrogens is 466 g/mol. The zero-order valence-electron chi connectivity index (χ0n) is 22.8. The molecule has 7 heteroatoms. The van der Waals surface area contributed by atoms with Crippen molar-refractivity contribution in [2.75, 3.05) is 13.1 Å². The molecule has 2 unspecified atom stereocenters. The Kier molecular flexibility index (Phi) is 11.4. The first-order valence-corrected chi connectivity index (χ1v) is 12.8. The Hall–Kier alpha value is -3.61. The topological polar surface area (TPSA) is 87.7 Å². The van der Waals surface area contributed by atoms with E-state index in [4.69, 9.17) is 4.74 Å². The molecule has 0 fully saturated rings. The van der Waals surface area contributed by atoms with Gasteiger partial charge in [-0.1, -0.05) is 79.6 Å². The van der Waals surface area contributed by atoms with Crippen molar-refractivity contribution in [3.05, 3.63) is 83.9 Å². The van der Waals surface area contributed by atoms with Crippen LogP contribution in [-0.2, 0) is 20.7 Å². The molecule has 0 heterocycles. The molecule has 0 aromatic heterocycles. The zero-order valence-corrected chi connectivity index (χ0v) is 22.8. The van der Waals surface area contributed by atoms with Crippen molar-refractivity contribution in [2.45, 2.75) is 71.6 Å². The van der Waals surface area contributed by atoms with Crippen LogP contribution in [0.4, 0.5) is 4.79 Å². The molecule has 2 rings (SSSR count). The fourth-order valence-electron chi connectivity index (χ4n) is 3.96. The zero-order chi connectivity index (χ0) is 27.4. The Bertz CT molecular complexity index is 1050. The molecule has 0 bridgehead atoms. The first-order chi connectivity index (χ1) is 17.6. The van der Waals surface area contributed by atoms with E-state index in [1.54, 1.807) is 26.8 Å². The number of ether oxygens (including phenoxy) is 1. The predicted molar refractivity (Wildman–Crippen MR) is 147 cm³/mol. The number of aryl methyl sites for hydroxylation is 1. The molecule has 0 spiro atoms. The first-order valence-electron chi connectivity index (χ1n) is 12.8. The van der Waals surface area contributed by atoms with Gasteiger partial charge in [0.15, 0.2) is 0 Å². The van der Waals surface area contributed by atoms with Gasteiger partial charge in [0, 0.05) is 19.5 Å². The van der Waals surface area contributed by atoms with Gasteiger partial charge in [0.2, 0.25) is 11.8 Å². The minimum absolute atomic E-state index is 0.125. The van der Waals surface area contributed by atoms with Crippen LogP contribution in [-0.4, -0.2) is 47.5 Å². The lowest BCUT2D eigenvalue weighted by molar-refractivity contribution is -0.141. The molecule has 0 saturated heterocycles. The summed E-state index contributed by atoms with van der Waals surface area (Å²) >= 11 is 0. The van der Waals surface area contributed by atoms with Gasteiger partial charge in [-0.05, 0) is 45.2 Å². The maximum Gasteiger partial charge on any atom is 0.408 e. The summed E-state index contributed by atoms with van der Waals surface area (Å²) < 4.78 is 5.45. The molecule has 3 amide bonds. The van der Waals surface area contributed by atoms with Crippen LogP contribution in [0.5, 0.6) is 0 Å². The van der Waals surface area contributed by atoms with Gasteiger partial charge in [0.25, 0.3) is 0 Å². The molecule has 37 heavy (non-hydrogen) atoms. The highest BCUT2D eigenvalue weighted by Gasteiger charge is 2.35. The molecular formula is C30H41N3O4. The normalized spacial score (nSPS) is 12.7. The van der Waals surface area contributed by atoms with Crippen molar-refractivity contribution in [1.82, 2.24) is 15.5 Å². The highest BCUT2D eigenvalue weighted by molar-refractivity contribution is 5.92. The fraction of sp³-hybridized carbons (Fsp3) is 0.433. The van der Waals surface area contributed by atoms with Crippen LogP contribution in [0.3, 0.4) is 0 Å². The summed E-state index contributed by atoms with van der Waals surface area (Å²) in [6, 6.07) is 15.1. The van der Waals surface area contributed by atoms with Crippen LogP contribution >= 0.6 is 0 Å². The number of unbranched alkanes of at least 4 members (excludes halogenated alkanes) is 1. The minimum atomic E-state index is -0.951. The Balaban J connectivity index is 2.48. The van der Waals surface area contributed by atoms with Crippen LogP contribution in [0.1, 0.15) is 63.3 Å².